The van der Waals surface area contributed by atoms with E-state index in [1.165, 1.54) is 0 Å². The summed E-state index contributed by atoms with van der Waals surface area (Å²) in [4.78, 5) is 10.4. The summed E-state index contributed by atoms with van der Waals surface area (Å²) in [6.45, 7) is 1.98. The van der Waals surface area contributed by atoms with E-state index in [9.17, 15) is 4.79 Å². The van der Waals surface area contributed by atoms with Crippen LogP contribution in [0.1, 0.15) is 5.56 Å². The molecule has 2 aromatic carbocycles. The molecule has 2 rings (SSSR count). The highest BCUT2D eigenvalue weighted by Gasteiger charge is 2.04. The van der Waals surface area contributed by atoms with Crippen LogP contribution >= 0.6 is 0 Å². The fourth-order valence-corrected chi connectivity index (χ4v) is 1.75. The van der Waals surface area contributed by atoms with E-state index >= 15 is 0 Å². The first-order valence-electron chi connectivity index (χ1n) is 5.43. The smallest absolute Gasteiger partial charge is 0.449 e. The summed E-state index contributed by atoms with van der Waals surface area (Å²) in [5.74, 6) is 0.289. The third-order valence-corrected chi connectivity index (χ3v) is 2.58. The molecule has 0 radical (unpaired) electrons. The molecule has 0 atom stereocenters. The van der Waals surface area contributed by atoms with E-state index in [4.69, 9.17) is 10.8 Å². The Morgan fingerprint density at radius 1 is 1.17 bits per heavy atom. The second kappa shape index (κ2) is 4.79. The Morgan fingerprint density at radius 2 is 1.83 bits per heavy atom. The Hall–Kier alpha value is -2.49. The third-order valence-electron chi connectivity index (χ3n) is 2.58. The number of hydrogen-bond donors (Lipinski definition) is 2. The van der Waals surface area contributed by atoms with Crippen LogP contribution in [0.5, 0.6) is 5.75 Å². The van der Waals surface area contributed by atoms with Gasteiger partial charge in [0.25, 0.3) is 0 Å². The van der Waals surface area contributed by atoms with Gasteiger partial charge in [-0.25, -0.2) is 4.79 Å². The summed E-state index contributed by atoms with van der Waals surface area (Å²) in [6, 6.07) is 12.6. The van der Waals surface area contributed by atoms with Gasteiger partial charge in [-0.15, -0.1) is 0 Å². The third kappa shape index (κ3) is 2.60. The zero-order valence-electron chi connectivity index (χ0n) is 9.88. The first-order valence-corrected chi connectivity index (χ1v) is 5.43. The van der Waals surface area contributed by atoms with E-state index < -0.39 is 6.16 Å². The maximum absolute atomic E-state index is 10.4. The minimum Gasteiger partial charge on any atom is -0.449 e. The molecular weight excluding hydrogens is 230 g/mol. The van der Waals surface area contributed by atoms with Crippen molar-refractivity contribution in [3.05, 3.63) is 48.0 Å². The molecule has 0 aliphatic rings. The largest absolute Gasteiger partial charge is 0.511 e. The van der Waals surface area contributed by atoms with Crippen LogP contribution in [-0.2, 0) is 0 Å². The molecule has 0 bridgehead atoms. The van der Waals surface area contributed by atoms with E-state index in [0.717, 1.165) is 16.7 Å². The summed E-state index contributed by atoms with van der Waals surface area (Å²) >= 11 is 0. The van der Waals surface area contributed by atoms with E-state index in [-0.39, 0.29) is 5.75 Å². The Labute approximate surface area is 105 Å². The molecule has 0 saturated carbocycles. The van der Waals surface area contributed by atoms with Crippen molar-refractivity contribution in [1.82, 2.24) is 0 Å². The normalized spacial score (nSPS) is 10.1. The van der Waals surface area contributed by atoms with Crippen molar-refractivity contribution in [1.29, 1.82) is 0 Å². The molecule has 0 spiro atoms. The molecule has 2 aromatic rings. The van der Waals surface area contributed by atoms with Crippen molar-refractivity contribution in [2.24, 2.45) is 0 Å². The second-order valence-corrected chi connectivity index (χ2v) is 3.98. The van der Waals surface area contributed by atoms with Gasteiger partial charge in [0, 0.05) is 11.3 Å². The van der Waals surface area contributed by atoms with Gasteiger partial charge in [-0.1, -0.05) is 24.3 Å². The van der Waals surface area contributed by atoms with Gasteiger partial charge < -0.3 is 15.6 Å². The van der Waals surface area contributed by atoms with Crippen molar-refractivity contribution in [2.45, 2.75) is 6.92 Å². The number of anilines is 1. The topological polar surface area (TPSA) is 72.5 Å². The van der Waals surface area contributed by atoms with Crippen LogP contribution in [0.3, 0.4) is 0 Å². The van der Waals surface area contributed by atoms with E-state index in [1.54, 1.807) is 24.3 Å². The first-order chi connectivity index (χ1) is 8.56. The zero-order chi connectivity index (χ0) is 13.1. The number of ether oxygens (including phenoxy) is 1. The number of nitrogens with two attached hydrogens (primary N) is 1. The van der Waals surface area contributed by atoms with Gasteiger partial charge in [-0.3, -0.25) is 0 Å². The van der Waals surface area contributed by atoms with Gasteiger partial charge in [0.15, 0.2) is 0 Å². The minimum atomic E-state index is -1.32. The summed E-state index contributed by atoms with van der Waals surface area (Å²) in [7, 11) is 0. The van der Waals surface area contributed by atoms with Crippen LogP contribution in [0.2, 0.25) is 0 Å². The molecule has 4 nitrogen and oxygen atoms in total. The lowest BCUT2D eigenvalue weighted by Gasteiger charge is -2.07. The van der Waals surface area contributed by atoms with Gasteiger partial charge in [0.2, 0.25) is 0 Å². The molecule has 0 saturated heterocycles. The minimum absolute atomic E-state index is 0.289. The molecule has 18 heavy (non-hydrogen) atoms. The van der Waals surface area contributed by atoms with Gasteiger partial charge in [0.1, 0.15) is 5.75 Å². The summed E-state index contributed by atoms with van der Waals surface area (Å²) in [6.07, 6.45) is -1.32. The first kappa shape index (κ1) is 12.0. The number of benzene rings is 2. The molecule has 0 aromatic heterocycles. The highest BCUT2D eigenvalue weighted by Crippen LogP contribution is 2.28. The molecule has 0 unspecified atom stereocenters. The maximum Gasteiger partial charge on any atom is 0.511 e. The van der Waals surface area contributed by atoms with Crippen LogP contribution in [0, 0.1) is 6.92 Å². The van der Waals surface area contributed by atoms with Gasteiger partial charge >= 0.3 is 6.16 Å². The Morgan fingerprint density at radius 3 is 2.39 bits per heavy atom. The average Bonchev–Trinajstić information content (AvgIpc) is 2.30. The summed E-state index contributed by atoms with van der Waals surface area (Å²) in [5.41, 5.74) is 9.58. The van der Waals surface area contributed by atoms with Crippen LogP contribution in [0.4, 0.5) is 10.5 Å². The van der Waals surface area contributed by atoms with Crippen molar-refractivity contribution >= 4 is 11.8 Å². The Bertz CT molecular complexity index is 576. The summed E-state index contributed by atoms with van der Waals surface area (Å²) in [5, 5.41) is 8.49. The molecule has 0 heterocycles. The molecule has 4 heteroatoms. The highest BCUT2D eigenvalue weighted by atomic mass is 16.7. The number of rotatable bonds is 2. The predicted octanol–water partition coefficient (Wildman–Crippen LogP) is 3.30. The summed E-state index contributed by atoms with van der Waals surface area (Å²) < 4.78 is 4.54. The fourth-order valence-electron chi connectivity index (χ4n) is 1.75. The molecule has 92 valence electrons. The van der Waals surface area contributed by atoms with Crippen molar-refractivity contribution < 1.29 is 14.6 Å². The van der Waals surface area contributed by atoms with Crippen LogP contribution < -0.4 is 10.5 Å². The standard InChI is InChI=1S/C14H13NO3/c1-9-2-7-12(13(15)8-9)10-3-5-11(6-4-10)18-14(16)17/h2-8H,15H2,1H3,(H,16,17). The molecule has 0 aliphatic carbocycles. The molecule has 0 fully saturated rings. The number of nitrogen functional groups attached to an aromatic ring is 1. The quantitative estimate of drug-likeness (QED) is 0.482. The zero-order valence-corrected chi connectivity index (χ0v) is 9.88. The molecule has 0 amide bonds. The molecule has 0 aliphatic heterocycles. The van der Waals surface area contributed by atoms with E-state index in [1.807, 2.05) is 25.1 Å². The van der Waals surface area contributed by atoms with E-state index in [0.29, 0.717) is 5.69 Å². The number of aryl methyl sites for hydroxylation is 1. The Balaban J connectivity index is 2.31. The lowest BCUT2D eigenvalue weighted by Crippen LogP contribution is -2.02. The van der Waals surface area contributed by atoms with Crippen LogP contribution in [0.15, 0.2) is 42.5 Å². The van der Waals surface area contributed by atoms with Gasteiger partial charge in [0.05, 0.1) is 0 Å². The van der Waals surface area contributed by atoms with Gasteiger partial charge in [-0.2, -0.15) is 0 Å². The van der Waals surface area contributed by atoms with E-state index in [2.05, 4.69) is 4.74 Å². The number of carbonyl (C=O) groups is 1. The van der Waals surface area contributed by atoms with Crippen molar-refractivity contribution in [3.63, 3.8) is 0 Å². The van der Waals surface area contributed by atoms with Gasteiger partial charge in [-0.05, 0) is 36.2 Å². The predicted molar refractivity (Wildman–Crippen MR) is 69.7 cm³/mol. The number of hydrogen-bond acceptors (Lipinski definition) is 3. The highest BCUT2D eigenvalue weighted by molar-refractivity contribution is 5.77. The lowest BCUT2D eigenvalue weighted by atomic mass is 10.0. The second-order valence-electron chi connectivity index (χ2n) is 3.98. The number of carboxylic acid groups (broad SMARTS) is 1. The van der Waals surface area contributed by atoms with Crippen molar-refractivity contribution in [2.75, 3.05) is 5.73 Å². The van der Waals surface area contributed by atoms with Crippen LogP contribution in [-0.4, -0.2) is 11.3 Å². The maximum atomic E-state index is 10.4. The lowest BCUT2D eigenvalue weighted by molar-refractivity contribution is 0.144. The molecule has 3 N–H and O–H groups in total. The SMILES string of the molecule is Cc1ccc(-c2ccc(OC(=O)O)cc2)c(N)c1. The van der Waals surface area contributed by atoms with Crippen LogP contribution in [0.25, 0.3) is 11.1 Å². The fraction of sp³-hybridized carbons (Fsp3) is 0.0714. The monoisotopic (exact) mass is 243 g/mol. The average molecular weight is 243 g/mol. The van der Waals surface area contributed by atoms with Crippen molar-refractivity contribution in [3.8, 4) is 16.9 Å². The Kier molecular flexibility index (Phi) is 3.19. The molecular formula is C14H13NO3.